The lowest BCUT2D eigenvalue weighted by molar-refractivity contribution is -0.348. The number of hydrogen-bond acceptors (Lipinski definition) is 5. The predicted octanol–water partition coefficient (Wildman–Crippen LogP) is 6.35. The minimum absolute atomic E-state index is 0.0327. The van der Waals surface area contributed by atoms with E-state index in [-0.39, 0.29) is 61.5 Å². The molecule has 0 bridgehead atoms. The summed E-state index contributed by atoms with van der Waals surface area (Å²) in [6.07, 6.45) is -11.2. The summed E-state index contributed by atoms with van der Waals surface area (Å²) >= 11 is 0. The summed E-state index contributed by atoms with van der Waals surface area (Å²) in [5.41, 5.74) is -10.2. The number of carboxylic acid groups (broad SMARTS) is 1. The molecule has 2 heterocycles. The van der Waals surface area contributed by atoms with Gasteiger partial charge in [-0.1, -0.05) is 37.6 Å². The van der Waals surface area contributed by atoms with Gasteiger partial charge in [0.1, 0.15) is 4.75 Å². The molecular formula is C31H35F8N2O5PS. The lowest BCUT2D eigenvalue weighted by atomic mass is 9.81. The van der Waals surface area contributed by atoms with E-state index in [1.165, 1.54) is 34.1 Å². The molecule has 1 N–H and O–H groups in total. The molecule has 3 atom stereocenters. The van der Waals surface area contributed by atoms with Crippen molar-refractivity contribution < 1.29 is 58.2 Å². The van der Waals surface area contributed by atoms with Gasteiger partial charge in [0, 0.05) is 30.9 Å². The zero-order valence-corrected chi connectivity index (χ0v) is 27.7. The molecule has 48 heavy (non-hydrogen) atoms. The Morgan fingerprint density at radius 1 is 0.979 bits per heavy atom. The van der Waals surface area contributed by atoms with Crippen LogP contribution in [0.25, 0.3) is 0 Å². The smallest absolute Gasteiger partial charge is 0.435 e. The Kier molecular flexibility index (Phi) is 10.5. The molecule has 1 saturated heterocycles. The summed E-state index contributed by atoms with van der Waals surface area (Å²) in [5.74, 6) is -0.877. The molecule has 1 saturated carbocycles. The quantitative estimate of drug-likeness (QED) is 0.212. The SMILES string of the molecule is CCCN1CC2N(C(=O)C3(F)CCCCC3)CCC2(S(=O)(=O)c2ccc(P)cc2)c2ccc(C(F)(C(F)(F)F)C(F)(F)F)cc21.O=CO. The van der Waals surface area contributed by atoms with Crippen molar-refractivity contribution in [3.63, 3.8) is 0 Å². The molecule has 2 aliphatic heterocycles. The summed E-state index contributed by atoms with van der Waals surface area (Å²) < 4.78 is 141. The van der Waals surface area contributed by atoms with Crippen LogP contribution in [-0.4, -0.2) is 74.5 Å². The van der Waals surface area contributed by atoms with Gasteiger partial charge in [-0.05, 0) is 67.6 Å². The average Bonchev–Trinajstić information content (AvgIpc) is 3.41. The van der Waals surface area contributed by atoms with Crippen molar-refractivity contribution >= 4 is 42.4 Å². The minimum atomic E-state index is -6.37. The maximum atomic E-state index is 16.1. The van der Waals surface area contributed by atoms with E-state index in [0.717, 1.165) is 12.5 Å². The van der Waals surface area contributed by atoms with Crippen molar-refractivity contribution in [1.82, 2.24) is 4.90 Å². The number of benzene rings is 2. The molecule has 17 heteroatoms. The number of nitrogens with zero attached hydrogens (tertiary/aromatic N) is 2. The standard InChI is InChI=1S/C30H33F8N2O3PS.CH2O2/c1-2-15-39-18-24-27(45(42,43)21-9-7-20(44)8-10-21,14-16-40(24)25(41)26(31)12-4-3-5-13-26)22-11-6-19(17-23(22)39)28(32,29(33,34)35)30(36,37)38;2-1-3/h6-11,17,24H,2-5,12-16,18,44H2,1H3;1H,(H,2,3). The van der Waals surface area contributed by atoms with Crippen LogP contribution < -0.4 is 10.2 Å². The summed E-state index contributed by atoms with van der Waals surface area (Å²) in [6, 6.07) is 5.94. The molecular weight excluding hydrogens is 695 g/mol. The third-order valence-corrected chi connectivity index (χ3v) is 12.4. The van der Waals surface area contributed by atoms with Crippen LogP contribution in [0, 0.1) is 0 Å². The number of rotatable bonds is 6. The van der Waals surface area contributed by atoms with Gasteiger partial charge in [-0.25, -0.2) is 17.2 Å². The lowest BCUT2D eigenvalue weighted by Gasteiger charge is -2.48. The fourth-order valence-corrected chi connectivity index (χ4v) is 9.69. The van der Waals surface area contributed by atoms with E-state index in [1.54, 1.807) is 6.92 Å². The van der Waals surface area contributed by atoms with Crippen LogP contribution in [0.4, 0.5) is 40.8 Å². The van der Waals surface area contributed by atoms with E-state index in [1.807, 2.05) is 0 Å². The highest BCUT2D eigenvalue weighted by Crippen LogP contribution is 2.58. The second-order valence-corrected chi connectivity index (χ2v) is 15.1. The molecule has 0 radical (unpaired) electrons. The third kappa shape index (κ3) is 6.05. The predicted molar refractivity (Wildman–Crippen MR) is 164 cm³/mol. The minimum Gasteiger partial charge on any atom is -0.483 e. The van der Waals surface area contributed by atoms with Crippen LogP contribution in [0.5, 0.6) is 0 Å². The van der Waals surface area contributed by atoms with Crippen LogP contribution >= 0.6 is 9.24 Å². The van der Waals surface area contributed by atoms with E-state index < -0.39 is 55.8 Å². The van der Waals surface area contributed by atoms with Crippen molar-refractivity contribution in [1.29, 1.82) is 0 Å². The maximum Gasteiger partial charge on any atom is 0.435 e. The van der Waals surface area contributed by atoms with Gasteiger partial charge < -0.3 is 14.9 Å². The number of anilines is 1. The lowest BCUT2D eigenvalue weighted by Crippen LogP contribution is -2.61. The Balaban J connectivity index is 0.00000167. The van der Waals surface area contributed by atoms with Crippen molar-refractivity contribution in [2.24, 2.45) is 0 Å². The van der Waals surface area contributed by atoms with Gasteiger partial charge in [-0.3, -0.25) is 9.59 Å². The molecule has 1 aliphatic carbocycles. The van der Waals surface area contributed by atoms with E-state index >= 15 is 8.78 Å². The van der Waals surface area contributed by atoms with Crippen LogP contribution in [0.15, 0.2) is 47.4 Å². The third-order valence-electron chi connectivity index (χ3n) is 9.46. The zero-order valence-electron chi connectivity index (χ0n) is 25.8. The molecule has 3 aliphatic rings. The van der Waals surface area contributed by atoms with Crippen LogP contribution in [0.2, 0.25) is 0 Å². The molecule has 1 amide bonds. The second-order valence-electron chi connectivity index (χ2n) is 12.2. The summed E-state index contributed by atoms with van der Waals surface area (Å²) in [4.78, 5) is 24.6. The maximum absolute atomic E-state index is 16.1. The average molecular weight is 731 g/mol. The Morgan fingerprint density at radius 2 is 1.54 bits per heavy atom. The molecule has 2 aromatic carbocycles. The first kappa shape index (κ1) is 37.8. The van der Waals surface area contributed by atoms with E-state index in [0.29, 0.717) is 36.7 Å². The Hall–Kier alpha value is -3.00. The van der Waals surface area contributed by atoms with E-state index in [9.17, 15) is 39.6 Å². The first-order chi connectivity index (χ1) is 22.3. The highest BCUT2D eigenvalue weighted by Gasteiger charge is 2.74. The van der Waals surface area contributed by atoms with Gasteiger partial charge >= 0.3 is 18.0 Å². The Morgan fingerprint density at radius 3 is 2.06 bits per heavy atom. The fourth-order valence-electron chi connectivity index (χ4n) is 7.21. The number of amides is 1. The molecule has 0 spiro atoms. The number of carbonyl (C=O) groups excluding carboxylic acids is 1. The number of sulfone groups is 1. The first-order valence-electron chi connectivity index (χ1n) is 15.2. The number of fused-ring (bicyclic) bond motifs is 3. The van der Waals surface area contributed by atoms with Crippen LogP contribution in [-0.2, 0) is 29.8 Å². The topological polar surface area (TPSA) is 95.0 Å². The number of carbonyl (C=O) groups is 2. The molecule has 266 valence electrons. The molecule has 2 fully saturated rings. The number of halogens is 8. The van der Waals surface area contributed by atoms with Gasteiger partial charge in [0.15, 0.2) is 15.5 Å². The normalized spacial score (nSPS) is 22.7. The summed E-state index contributed by atoms with van der Waals surface area (Å²) in [5, 5.41) is 7.53. The second kappa shape index (κ2) is 13.4. The van der Waals surface area contributed by atoms with E-state index in [4.69, 9.17) is 9.90 Å². The molecule has 2 aromatic rings. The van der Waals surface area contributed by atoms with Gasteiger partial charge in [-0.2, -0.15) is 26.3 Å². The van der Waals surface area contributed by atoms with Gasteiger partial charge in [-0.15, -0.1) is 9.24 Å². The molecule has 5 rings (SSSR count). The summed E-state index contributed by atoms with van der Waals surface area (Å²) in [7, 11) is -2.15. The Bertz CT molecular complexity index is 1600. The van der Waals surface area contributed by atoms with Crippen molar-refractivity contribution in [2.75, 3.05) is 24.5 Å². The monoisotopic (exact) mass is 730 g/mol. The van der Waals surface area contributed by atoms with Crippen LogP contribution in [0.1, 0.15) is 63.0 Å². The largest absolute Gasteiger partial charge is 0.483 e. The highest BCUT2D eigenvalue weighted by molar-refractivity contribution is 7.92. The number of hydrogen-bond donors (Lipinski definition) is 1. The summed E-state index contributed by atoms with van der Waals surface area (Å²) in [6.45, 7) is 0.929. The number of alkyl halides is 8. The molecule has 7 nitrogen and oxygen atoms in total. The fraction of sp³-hybridized carbons (Fsp3) is 0.548. The number of likely N-dealkylation sites (tertiary alicyclic amines) is 1. The molecule has 0 aromatic heterocycles. The van der Waals surface area contributed by atoms with Crippen molar-refractivity contribution in [3.05, 3.63) is 53.6 Å². The van der Waals surface area contributed by atoms with Crippen LogP contribution in [0.3, 0.4) is 0 Å². The Labute approximate surface area is 274 Å². The van der Waals surface area contributed by atoms with Gasteiger partial charge in [0.25, 0.3) is 12.4 Å². The highest BCUT2D eigenvalue weighted by atomic mass is 32.2. The first-order valence-corrected chi connectivity index (χ1v) is 17.2. The molecule has 3 unspecified atom stereocenters. The van der Waals surface area contributed by atoms with Gasteiger partial charge in [0.2, 0.25) is 0 Å². The van der Waals surface area contributed by atoms with Crippen molar-refractivity contribution in [3.8, 4) is 0 Å². The van der Waals surface area contributed by atoms with Gasteiger partial charge in [0.05, 0.1) is 10.9 Å². The zero-order chi connectivity index (χ0) is 35.9. The van der Waals surface area contributed by atoms with Crippen molar-refractivity contribution in [2.45, 2.75) is 91.2 Å². The van der Waals surface area contributed by atoms with E-state index in [2.05, 4.69) is 9.24 Å².